The molecule has 0 atom stereocenters. The van der Waals surface area contributed by atoms with Gasteiger partial charge in [0.05, 0.1) is 6.20 Å². The molecule has 0 unspecified atom stereocenters. The van der Waals surface area contributed by atoms with Crippen LogP contribution in [-0.4, -0.2) is 22.1 Å². The third kappa shape index (κ3) is 6.12. The van der Waals surface area contributed by atoms with E-state index in [1.54, 1.807) is 12.1 Å². The van der Waals surface area contributed by atoms with Gasteiger partial charge in [0.1, 0.15) is 18.9 Å². The van der Waals surface area contributed by atoms with Crippen LogP contribution in [0.1, 0.15) is 34.8 Å². The van der Waals surface area contributed by atoms with E-state index in [0.29, 0.717) is 17.9 Å². The van der Waals surface area contributed by atoms with Crippen molar-refractivity contribution in [2.24, 2.45) is 0 Å². The highest BCUT2D eigenvalue weighted by Gasteiger charge is 2.10. The summed E-state index contributed by atoms with van der Waals surface area (Å²) < 4.78 is 6.75. The van der Waals surface area contributed by atoms with Crippen molar-refractivity contribution in [2.45, 2.75) is 33.0 Å². The lowest BCUT2D eigenvalue weighted by Gasteiger charge is -2.08. The topological polar surface area (TPSA) is 73.2 Å². The minimum Gasteiger partial charge on any atom is -0.487 e. The molecule has 3 rings (SSSR count). The van der Waals surface area contributed by atoms with Gasteiger partial charge in [0, 0.05) is 18.2 Å². The first-order valence-corrected chi connectivity index (χ1v) is 9.72. The average molecular weight is 391 g/mol. The van der Waals surface area contributed by atoms with Crippen molar-refractivity contribution in [3.63, 3.8) is 0 Å². The second-order valence-electron chi connectivity index (χ2n) is 6.76. The van der Waals surface area contributed by atoms with E-state index < -0.39 is 0 Å². The van der Waals surface area contributed by atoms with Crippen molar-refractivity contribution in [3.8, 4) is 5.75 Å². The van der Waals surface area contributed by atoms with Crippen molar-refractivity contribution in [1.29, 1.82) is 0 Å². The predicted molar refractivity (Wildman–Crippen MR) is 112 cm³/mol. The van der Waals surface area contributed by atoms with Gasteiger partial charge in [0.2, 0.25) is 0 Å². The van der Waals surface area contributed by atoms with Crippen LogP contribution in [0, 0.1) is 0 Å². The van der Waals surface area contributed by atoms with E-state index in [-0.39, 0.29) is 17.9 Å². The Balaban J connectivity index is 1.58. The van der Waals surface area contributed by atoms with Gasteiger partial charge < -0.3 is 10.1 Å². The molecule has 0 amide bonds. The molecule has 6 heteroatoms. The lowest BCUT2D eigenvalue weighted by Crippen LogP contribution is -2.26. The quantitative estimate of drug-likeness (QED) is 0.424. The van der Waals surface area contributed by atoms with E-state index in [2.05, 4.69) is 17.3 Å². The standard InChI is InChI=1S/C23H25N3O3/c1-2-12-24-14-18-8-10-20(11-9-18)22(27)16-26-23(28)13-21(15-25-26)29-17-19-6-4-3-5-7-19/h3-11,13,15,24H,2,12,14,16-17H2,1H3. The Kier molecular flexibility index (Phi) is 7.30. The largest absolute Gasteiger partial charge is 0.487 e. The second-order valence-corrected chi connectivity index (χ2v) is 6.76. The molecule has 1 N–H and O–H groups in total. The average Bonchev–Trinajstić information content (AvgIpc) is 2.75. The Morgan fingerprint density at radius 1 is 1.07 bits per heavy atom. The molecule has 2 aromatic carbocycles. The van der Waals surface area contributed by atoms with Gasteiger partial charge in [-0.2, -0.15) is 5.10 Å². The fourth-order valence-electron chi connectivity index (χ4n) is 2.80. The van der Waals surface area contributed by atoms with E-state index in [9.17, 15) is 9.59 Å². The van der Waals surface area contributed by atoms with Crippen LogP contribution >= 0.6 is 0 Å². The minimum absolute atomic E-state index is 0.106. The van der Waals surface area contributed by atoms with Crippen molar-refractivity contribution in [2.75, 3.05) is 6.54 Å². The van der Waals surface area contributed by atoms with Gasteiger partial charge in [0.25, 0.3) is 5.56 Å². The van der Waals surface area contributed by atoms with Gasteiger partial charge in [-0.3, -0.25) is 9.59 Å². The maximum Gasteiger partial charge on any atom is 0.270 e. The van der Waals surface area contributed by atoms with Crippen LogP contribution < -0.4 is 15.6 Å². The highest BCUT2D eigenvalue weighted by Crippen LogP contribution is 2.09. The van der Waals surface area contributed by atoms with E-state index in [1.165, 1.54) is 12.3 Å². The summed E-state index contributed by atoms with van der Waals surface area (Å²) in [6.45, 7) is 4.09. The second kappa shape index (κ2) is 10.3. The lowest BCUT2D eigenvalue weighted by atomic mass is 10.1. The fraction of sp³-hybridized carbons (Fsp3) is 0.261. The third-order valence-electron chi connectivity index (χ3n) is 4.42. The van der Waals surface area contributed by atoms with E-state index >= 15 is 0 Å². The molecule has 0 aliphatic heterocycles. The fourth-order valence-corrected chi connectivity index (χ4v) is 2.80. The van der Waals surface area contributed by atoms with Crippen LogP contribution in [0.2, 0.25) is 0 Å². The zero-order valence-corrected chi connectivity index (χ0v) is 16.5. The highest BCUT2D eigenvalue weighted by atomic mass is 16.5. The summed E-state index contributed by atoms with van der Waals surface area (Å²) in [6.07, 6.45) is 2.54. The maximum absolute atomic E-state index is 12.5. The molecule has 0 saturated carbocycles. The number of nitrogens with zero attached hydrogens (tertiary/aromatic N) is 2. The molecule has 0 aliphatic carbocycles. The normalized spacial score (nSPS) is 10.7. The molecule has 0 radical (unpaired) electrons. The maximum atomic E-state index is 12.5. The molecular formula is C23H25N3O3. The van der Waals surface area contributed by atoms with Crippen molar-refractivity contribution < 1.29 is 9.53 Å². The molecule has 6 nitrogen and oxygen atoms in total. The Morgan fingerprint density at radius 2 is 1.83 bits per heavy atom. The molecule has 0 bridgehead atoms. The molecule has 0 aliphatic rings. The van der Waals surface area contributed by atoms with Gasteiger partial charge >= 0.3 is 0 Å². The number of rotatable bonds is 10. The van der Waals surface area contributed by atoms with Crippen LogP contribution in [0.15, 0.2) is 71.7 Å². The summed E-state index contributed by atoms with van der Waals surface area (Å²) in [5, 5.41) is 7.39. The summed E-state index contributed by atoms with van der Waals surface area (Å²) in [5.41, 5.74) is 2.30. The smallest absolute Gasteiger partial charge is 0.270 e. The first kappa shape index (κ1) is 20.5. The molecule has 29 heavy (non-hydrogen) atoms. The zero-order chi connectivity index (χ0) is 20.5. The molecule has 150 valence electrons. The van der Waals surface area contributed by atoms with Crippen LogP contribution in [0.25, 0.3) is 0 Å². The molecule has 1 heterocycles. The van der Waals surface area contributed by atoms with Crippen molar-refractivity contribution in [3.05, 3.63) is 93.9 Å². The zero-order valence-electron chi connectivity index (χ0n) is 16.5. The number of hydrogen-bond donors (Lipinski definition) is 1. The van der Waals surface area contributed by atoms with Gasteiger partial charge in [-0.15, -0.1) is 0 Å². The first-order valence-electron chi connectivity index (χ1n) is 9.72. The number of carbonyl (C=O) groups is 1. The Labute approximate surface area is 170 Å². The van der Waals surface area contributed by atoms with Gasteiger partial charge in [-0.25, -0.2) is 4.68 Å². The number of aromatic nitrogens is 2. The number of ether oxygens (including phenoxy) is 1. The summed E-state index contributed by atoms with van der Waals surface area (Å²) in [6, 6.07) is 18.4. The van der Waals surface area contributed by atoms with Crippen molar-refractivity contribution in [1.82, 2.24) is 15.1 Å². The van der Waals surface area contributed by atoms with Crippen molar-refractivity contribution >= 4 is 5.78 Å². The summed E-state index contributed by atoms with van der Waals surface area (Å²) in [4.78, 5) is 24.8. The van der Waals surface area contributed by atoms with Crippen LogP contribution in [0.3, 0.4) is 0 Å². The molecule has 0 saturated heterocycles. The van der Waals surface area contributed by atoms with Gasteiger partial charge in [0.15, 0.2) is 5.78 Å². The molecular weight excluding hydrogens is 366 g/mol. The Morgan fingerprint density at radius 3 is 2.52 bits per heavy atom. The number of hydrogen-bond acceptors (Lipinski definition) is 5. The van der Waals surface area contributed by atoms with E-state index in [1.807, 2.05) is 42.5 Å². The van der Waals surface area contributed by atoms with Gasteiger partial charge in [-0.1, -0.05) is 61.5 Å². The SMILES string of the molecule is CCCNCc1ccc(C(=O)Cn2ncc(OCc3ccccc3)cc2=O)cc1. The number of ketones is 1. The molecule has 1 aromatic heterocycles. The Hall–Kier alpha value is -3.25. The number of nitrogens with one attached hydrogen (secondary N) is 1. The first-order chi connectivity index (χ1) is 14.2. The van der Waals surface area contributed by atoms with Crippen LogP contribution in [0.5, 0.6) is 5.75 Å². The molecule has 0 spiro atoms. The summed E-state index contributed by atoms with van der Waals surface area (Å²) in [5.74, 6) is 0.220. The Bertz CT molecular complexity index is 982. The molecule has 0 fully saturated rings. The van der Waals surface area contributed by atoms with E-state index in [0.717, 1.165) is 35.3 Å². The monoisotopic (exact) mass is 391 g/mol. The minimum atomic E-state index is -0.371. The van der Waals surface area contributed by atoms with Crippen LogP contribution in [0.4, 0.5) is 0 Å². The molecule has 3 aromatic rings. The highest BCUT2D eigenvalue weighted by molar-refractivity contribution is 5.95. The number of benzene rings is 2. The predicted octanol–water partition coefficient (Wildman–Crippen LogP) is 3.20. The third-order valence-corrected chi connectivity index (χ3v) is 4.42. The van der Waals surface area contributed by atoms with Gasteiger partial charge in [-0.05, 0) is 24.1 Å². The van der Waals surface area contributed by atoms with E-state index in [4.69, 9.17) is 4.74 Å². The summed E-state index contributed by atoms with van der Waals surface area (Å²) >= 11 is 0. The lowest BCUT2D eigenvalue weighted by molar-refractivity contribution is 0.0965. The van der Waals surface area contributed by atoms with Crippen LogP contribution in [-0.2, 0) is 19.7 Å². The number of carbonyl (C=O) groups excluding carboxylic acids is 1. The number of Topliss-reactive ketones (excluding diaryl/α,β-unsaturated/α-hetero) is 1. The summed E-state index contributed by atoms with van der Waals surface area (Å²) in [7, 11) is 0.